The van der Waals surface area contributed by atoms with Crippen LogP contribution in [-0.4, -0.2) is 7.11 Å². The fraction of sp³-hybridized carbons (Fsp3) is 0.222. The van der Waals surface area contributed by atoms with Crippen LogP contribution in [0.4, 0.5) is 0 Å². The monoisotopic (exact) mass is 297 g/mol. The van der Waals surface area contributed by atoms with E-state index in [2.05, 4.69) is 60.1 Å². The van der Waals surface area contributed by atoms with Gasteiger partial charge in [0.05, 0.1) is 7.11 Å². The minimum absolute atomic E-state index is 0.863. The number of nitrogens with one attached hydrogen (secondary N) is 1. The second kappa shape index (κ2) is 6.29. The maximum atomic E-state index is 5.44. The van der Waals surface area contributed by atoms with E-state index in [9.17, 15) is 0 Å². The predicted molar refractivity (Wildman–Crippen MR) is 90.1 cm³/mol. The quantitative estimate of drug-likeness (QED) is 0.748. The van der Waals surface area contributed by atoms with Crippen molar-refractivity contribution in [2.24, 2.45) is 0 Å². The van der Waals surface area contributed by atoms with Crippen molar-refractivity contribution in [3.8, 4) is 5.75 Å². The highest BCUT2D eigenvalue weighted by atomic mass is 32.1. The second-order valence-corrected chi connectivity index (χ2v) is 6.10. The molecule has 0 aliphatic heterocycles. The van der Waals surface area contributed by atoms with E-state index in [-0.39, 0.29) is 0 Å². The summed E-state index contributed by atoms with van der Waals surface area (Å²) in [6, 6.07) is 14.8. The number of hydrogen-bond donors (Lipinski definition) is 1. The normalized spacial score (nSPS) is 11.0. The molecule has 0 saturated carbocycles. The van der Waals surface area contributed by atoms with Gasteiger partial charge in [-0.3, -0.25) is 0 Å². The van der Waals surface area contributed by atoms with Crippen molar-refractivity contribution in [3.63, 3.8) is 0 Å². The fourth-order valence-electron chi connectivity index (χ4n) is 2.56. The number of fused-ring (bicyclic) bond motifs is 1. The predicted octanol–water partition coefficient (Wildman–Crippen LogP) is 4.51. The molecular weight excluding hydrogens is 278 g/mol. The van der Waals surface area contributed by atoms with Crippen molar-refractivity contribution in [2.45, 2.75) is 20.0 Å². The molecule has 0 amide bonds. The largest absolute Gasteiger partial charge is 0.496 e. The summed E-state index contributed by atoms with van der Waals surface area (Å²) in [5, 5.41) is 8.12. The highest BCUT2D eigenvalue weighted by Gasteiger charge is 2.06. The van der Waals surface area contributed by atoms with Crippen LogP contribution >= 0.6 is 11.3 Å². The highest BCUT2D eigenvalue weighted by molar-refractivity contribution is 7.10. The molecule has 108 valence electrons. The molecular formula is C18H19NOS. The highest BCUT2D eigenvalue weighted by Crippen LogP contribution is 2.28. The average molecular weight is 297 g/mol. The van der Waals surface area contributed by atoms with Gasteiger partial charge < -0.3 is 10.1 Å². The van der Waals surface area contributed by atoms with Gasteiger partial charge in [0, 0.05) is 23.4 Å². The van der Waals surface area contributed by atoms with E-state index < -0.39 is 0 Å². The van der Waals surface area contributed by atoms with Crippen LogP contribution in [0.25, 0.3) is 10.8 Å². The molecule has 0 unspecified atom stereocenters. The Morgan fingerprint density at radius 2 is 1.81 bits per heavy atom. The molecule has 3 aromatic rings. The van der Waals surface area contributed by atoms with E-state index in [1.54, 1.807) is 7.11 Å². The van der Waals surface area contributed by atoms with Crippen molar-refractivity contribution in [1.29, 1.82) is 0 Å². The first kappa shape index (κ1) is 14.1. The summed E-state index contributed by atoms with van der Waals surface area (Å²) in [5.74, 6) is 0.934. The molecule has 3 rings (SSSR count). The smallest absolute Gasteiger partial charge is 0.126 e. The third kappa shape index (κ3) is 2.94. The van der Waals surface area contributed by atoms with Gasteiger partial charge in [0.2, 0.25) is 0 Å². The van der Waals surface area contributed by atoms with E-state index in [4.69, 9.17) is 4.74 Å². The van der Waals surface area contributed by atoms with Crippen LogP contribution in [-0.2, 0) is 13.1 Å². The number of thiophene rings is 1. The van der Waals surface area contributed by atoms with E-state index in [1.807, 2.05) is 11.3 Å². The minimum atomic E-state index is 0.863. The Kier molecular flexibility index (Phi) is 4.23. The molecule has 0 radical (unpaired) electrons. The number of hydrogen-bond acceptors (Lipinski definition) is 3. The van der Waals surface area contributed by atoms with Gasteiger partial charge in [0.25, 0.3) is 0 Å². The van der Waals surface area contributed by atoms with E-state index in [0.29, 0.717) is 0 Å². The summed E-state index contributed by atoms with van der Waals surface area (Å²) in [6.45, 7) is 3.95. The first-order chi connectivity index (χ1) is 10.3. The van der Waals surface area contributed by atoms with Crippen LogP contribution in [0.2, 0.25) is 0 Å². The lowest BCUT2D eigenvalue weighted by atomic mass is 10.0. The van der Waals surface area contributed by atoms with Crippen molar-refractivity contribution in [1.82, 2.24) is 5.32 Å². The average Bonchev–Trinajstić information content (AvgIpc) is 2.93. The fourth-order valence-corrected chi connectivity index (χ4v) is 3.44. The van der Waals surface area contributed by atoms with Gasteiger partial charge in [-0.05, 0) is 40.9 Å². The van der Waals surface area contributed by atoms with Crippen molar-refractivity contribution in [2.75, 3.05) is 7.11 Å². The molecule has 0 fully saturated rings. The zero-order chi connectivity index (χ0) is 14.7. The maximum absolute atomic E-state index is 5.44. The first-order valence-electron chi connectivity index (χ1n) is 7.08. The molecule has 1 N–H and O–H groups in total. The van der Waals surface area contributed by atoms with Gasteiger partial charge in [0.1, 0.15) is 5.75 Å². The Morgan fingerprint density at radius 1 is 1.00 bits per heavy atom. The molecule has 0 bridgehead atoms. The number of methoxy groups -OCH3 is 1. The second-order valence-electron chi connectivity index (χ2n) is 5.10. The number of rotatable bonds is 5. The summed E-state index contributed by atoms with van der Waals surface area (Å²) >= 11 is 1.81. The van der Waals surface area contributed by atoms with Crippen LogP contribution in [0.1, 0.15) is 16.0 Å². The van der Waals surface area contributed by atoms with Crippen LogP contribution in [0.5, 0.6) is 5.75 Å². The van der Waals surface area contributed by atoms with Crippen molar-refractivity contribution in [3.05, 3.63) is 63.8 Å². The van der Waals surface area contributed by atoms with E-state index in [1.165, 1.54) is 26.8 Å². The Balaban J connectivity index is 1.80. The topological polar surface area (TPSA) is 21.3 Å². The number of aryl methyl sites for hydroxylation is 1. The Morgan fingerprint density at radius 3 is 2.52 bits per heavy atom. The molecule has 0 atom stereocenters. The van der Waals surface area contributed by atoms with Crippen LogP contribution in [0, 0.1) is 6.92 Å². The zero-order valence-corrected chi connectivity index (χ0v) is 13.2. The summed E-state index contributed by atoms with van der Waals surface area (Å²) in [4.78, 5) is 1.41. The molecule has 0 aliphatic carbocycles. The van der Waals surface area contributed by atoms with Crippen LogP contribution < -0.4 is 10.1 Å². The molecule has 0 spiro atoms. The van der Waals surface area contributed by atoms with Gasteiger partial charge in [-0.25, -0.2) is 0 Å². The Hall–Kier alpha value is -1.84. The minimum Gasteiger partial charge on any atom is -0.496 e. The molecule has 0 aliphatic rings. The lowest BCUT2D eigenvalue weighted by Gasteiger charge is -2.11. The first-order valence-corrected chi connectivity index (χ1v) is 7.96. The summed E-state index contributed by atoms with van der Waals surface area (Å²) in [5.41, 5.74) is 2.67. The standard InChI is InChI=1S/C18H19NOS/c1-13-9-10-21-18(13)12-19-11-14-7-8-17(20-2)16-6-4-3-5-15(14)16/h3-10,19H,11-12H2,1-2H3. The Bertz CT molecular complexity index is 748. The Labute approximate surface area is 129 Å². The zero-order valence-electron chi connectivity index (χ0n) is 12.3. The molecule has 21 heavy (non-hydrogen) atoms. The van der Waals surface area contributed by atoms with Crippen molar-refractivity contribution < 1.29 is 4.74 Å². The van der Waals surface area contributed by atoms with Gasteiger partial charge >= 0.3 is 0 Å². The van der Waals surface area contributed by atoms with Crippen LogP contribution in [0.15, 0.2) is 47.8 Å². The lowest BCUT2D eigenvalue weighted by molar-refractivity contribution is 0.419. The summed E-state index contributed by atoms with van der Waals surface area (Å²) in [6.07, 6.45) is 0. The molecule has 1 aromatic heterocycles. The third-order valence-corrected chi connectivity index (χ3v) is 4.79. The maximum Gasteiger partial charge on any atom is 0.126 e. The van der Waals surface area contributed by atoms with Gasteiger partial charge in [0.15, 0.2) is 0 Å². The number of ether oxygens (including phenoxy) is 1. The van der Waals surface area contributed by atoms with Gasteiger partial charge in [-0.1, -0.05) is 30.3 Å². The molecule has 3 heteroatoms. The number of benzene rings is 2. The molecule has 0 saturated heterocycles. The van der Waals surface area contributed by atoms with E-state index in [0.717, 1.165) is 18.8 Å². The van der Waals surface area contributed by atoms with Gasteiger partial charge in [-0.15, -0.1) is 11.3 Å². The lowest BCUT2D eigenvalue weighted by Crippen LogP contribution is -2.12. The molecule has 2 nitrogen and oxygen atoms in total. The molecule has 2 aromatic carbocycles. The van der Waals surface area contributed by atoms with Crippen molar-refractivity contribution >= 4 is 22.1 Å². The van der Waals surface area contributed by atoms with E-state index >= 15 is 0 Å². The summed E-state index contributed by atoms with van der Waals surface area (Å²) in [7, 11) is 1.72. The molecule has 1 heterocycles. The third-order valence-electron chi connectivity index (χ3n) is 3.76. The SMILES string of the molecule is COc1ccc(CNCc2sccc2C)c2ccccc12. The van der Waals surface area contributed by atoms with Crippen LogP contribution in [0.3, 0.4) is 0 Å². The van der Waals surface area contributed by atoms with Gasteiger partial charge in [-0.2, -0.15) is 0 Å². The summed E-state index contributed by atoms with van der Waals surface area (Å²) < 4.78 is 5.44.